The molecule has 2 aromatic carbocycles. The summed E-state index contributed by atoms with van der Waals surface area (Å²) in [7, 11) is 0. The average Bonchev–Trinajstić information content (AvgIpc) is 3.12. The summed E-state index contributed by atoms with van der Waals surface area (Å²) in [4.78, 5) is 9.20. The van der Waals surface area contributed by atoms with Gasteiger partial charge < -0.3 is 0 Å². The number of fused-ring (bicyclic) bond motifs is 1. The highest BCUT2D eigenvalue weighted by molar-refractivity contribution is 5.93. The Bertz CT molecular complexity index is 905. The van der Waals surface area contributed by atoms with Crippen LogP contribution in [-0.2, 0) is 0 Å². The normalized spacial score (nSPS) is 15.3. The van der Waals surface area contributed by atoms with Crippen molar-refractivity contribution < 1.29 is 0 Å². The lowest BCUT2D eigenvalue weighted by Gasteiger charge is -2.14. The van der Waals surface area contributed by atoms with Crippen LogP contribution >= 0.6 is 0 Å². The van der Waals surface area contributed by atoms with Crippen LogP contribution in [0.1, 0.15) is 53.9 Å². The lowest BCUT2D eigenvalue weighted by atomic mass is 9.93. The number of hydrogen-bond acceptors (Lipinski definition) is 2. The molecule has 1 aliphatic carbocycles. The largest absolute Gasteiger partial charge is 0.236 e. The molecule has 0 amide bonds. The zero-order valence-electron chi connectivity index (χ0n) is 14.8. The molecular weight excluding hydrogens is 292 g/mol. The van der Waals surface area contributed by atoms with Crippen LogP contribution in [0.4, 0.5) is 0 Å². The van der Waals surface area contributed by atoms with Crippen LogP contribution in [0, 0.1) is 20.8 Å². The van der Waals surface area contributed by atoms with Crippen molar-refractivity contribution in [2.75, 3.05) is 0 Å². The van der Waals surface area contributed by atoms with Crippen molar-refractivity contribution in [1.82, 2.24) is 9.97 Å². The SMILES string of the molecule is Cc1cc(C)c(C)c(-c2ncnc3cc(C4CCCC4)ccc23)c1. The van der Waals surface area contributed by atoms with E-state index >= 15 is 0 Å². The molecule has 1 fully saturated rings. The van der Waals surface area contributed by atoms with Crippen LogP contribution in [-0.4, -0.2) is 9.97 Å². The van der Waals surface area contributed by atoms with Gasteiger partial charge in [-0.2, -0.15) is 0 Å². The summed E-state index contributed by atoms with van der Waals surface area (Å²) >= 11 is 0. The van der Waals surface area contributed by atoms with Gasteiger partial charge in [-0.3, -0.25) is 0 Å². The summed E-state index contributed by atoms with van der Waals surface area (Å²) in [6.07, 6.45) is 7.07. The predicted octanol–water partition coefficient (Wildman–Crippen LogP) is 5.88. The van der Waals surface area contributed by atoms with Crippen LogP contribution in [0.3, 0.4) is 0 Å². The number of aryl methyl sites for hydroxylation is 2. The van der Waals surface area contributed by atoms with Crippen molar-refractivity contribution in [2.45, 2.75) is 52.4 Å². The van der Waals surface area contributed by atoms with Crippen molar-refractivity contribution in [1.29, 1.82) is 0 Å². The molecule has 0 unspecified atom stereocenters. The highest BCUT2D eigenvalue weighted by Gasteiger charge is 2.18. The fraction of sp³-hybridized carbons (Fsp3) is 0.364. The van der Waals surface area contributed by atoms with Crippen molar-refractivity contribution >= 4 is 10.9 Å². The Morgan fingerprint density at radius 1 is 0.917 bits per heavy atom. The third-order valence-corrected chi connectivity index (χ3v) is 5.55. The first-order valence-electron chi connectivity index (χ1n) is 8.96. The first-order chi connectivity index (χ1) is 11.6. The van der Waals surface area contributed by atoms with Gasteiger partial charge in [0.05, 0.1) is 11.2 Å². The molecule has 1 heterocycles. The lowest BCUT2D eigenvalue weighted by molar-refractivity contribution is 0.724. The maximum Gasteiger partial charge on any atom is 0.116 e. The molecule has 1 aromatic heterocycles. The van der Waals surface area contributed by atoms with Crippen molar-refractivity contribution in [3.63, 3.8) is 0 Å². The van der Waals surface area contributed by atoms with Crippen molar-refractivity contribution in [3.8, 4) is 11.3 Å². The van der Waals surface area contributed by atoms with Gasteiger partial charge in [-0.15, -0.1) is 0 Å². The maximum absolute atomic E-state index is 4.64. The van der Waals surface area contributed by atoms with Gasteiger partial charge in [0.1, 0.15) is 6.33 Å². The Morgan fingerprint density at radius 3 is 2.50 bits per heavy atom. The van der Waals surface area contributed by atoms with Gasteiger partial charge in [0.2, 0.25) is 0 Å². The molecule has 0 radical (unpaired) electrons. The topological polar surface area (TPSA) is 25.8 Å². The third-order valence-electron chi connectivity index (χ3n) is 5.55. The molecular formula is C22H24N2. The molecule has 0 saturated heterocycles. The van der Waals surface area contributed by atoms with Gasteiger partial charge >= 0.3 is 0 Å². The zero-order valence-corrected chi connectivity index (χ0v) is 14.8. The van der Waals surface area contributed by atoms with Gasteiger partial charge in [-0.25, -0.2) is 9.97 Å². The molecule has 1 aliphatic rings. The predicted molar refractivity (Wildman–Crippen MR) is 100 cm³/mol. The van der Waals surface area contributed by atoms with E-state index < -0.39 is 0 Å². The van der Waals surface area contributed by atoms with Crippen LogP contribution < -0.4 is 0 Å². The van der Waals surface area contributed by atoms with E-state index in [0.717, 1.165) is 22.5 Å². The highest BCUT2D eigenvalue weighted by Crippen LogP contribution is 2.36. The third kappa shape index (κ3) is 2.60. The summed E-state index contributed by atoms with van der Waals surface area (Å²) in [6, 6.07) is 11.3. The van der Waals surface area contributed by atoms with Gasteiger partial charge in [-0.1, -0.05) is 36.6 Å². The monoisotopic (exact) mass is 316 g/mol. The van der Waals surface area contributed by atoms with Crippen LogP contribution in [0.25, 0.3) is 22.2 Å². The molecule has 4 rings (SSSR count). The molecule has 122 valence electrons. The van der Waals surface area contributed by atoms with E-state index in [1.807, 2.05) is 0 Å². The molecule has 0 atom stereocenters. The van der Waals surface area contributed by atoms with Crippen molar-refractivity contribution in [3.05, 3.63) is 58.9 Å². The summed E-state index contributed by atoms with van der Waals surface area (Å²) in [5.41, 5.74) is 8.71. The Kier molecular flexibility index (Phi) is 3.84. The second kappa shape index (κ2) is 6.01. The molecule has 0 N–H and O–H groups in total. The van der Waals surface area contributed by atoms with Gasteiger partial charge in [0.15, 0.2) is 0 Å². The zero-order chi connectivity index (χ0) is 16.7. The standard InChI is InChI=1S/C22H24N2/c1-14-10-15(2)16(3)20(11-14)22-19-9-8-18(17-6-4-5-7-17)12-21(19)23-13-24-22/h8-13,17H,4-7H2,1-3H3. The molecule has 24 heavy (non-hydrogen) atoms. The molecule has 0 aliphatic heterocycles. The number of hydrogen-bond donors (Lipinski definition) is 0. The molecule has 2 nitrogen and oxygen atoms in total. The van der Waals surface area contributed by atoms with Gasteiger partial charge in [-0.05, 0) is 68.4 Å². The number of nitrogens with zero attached hydrogens (tertiary/aromatic N) is 2. The highest BCUT2D eigenvalue weighted by atomic mass is 14.8. The minimum Gasteiger partial charge on any atom is -0.236 e. The van der Waals surface area contributed by atoms with E-state index in [1.54, 1.807) is 6.33 Å². The van der Waals surface area contributed by atoms with Gasteiger partial charge in [0.25, 0.3) is 0 Å². The fourth-order valence-corrected chi connectivity index (χ4v) is 4.09. The van der Waals surface area contributed by atoms with E-state index in [9.17, 15) is 0 Å². The Morgan fingerprint density at radius 2 is 1.71 bits per heavy atom. The summed E-state index contributed by atoms with van der Waals surface area (Å²) in [5, 5.41) is 1.16. The quantitative estimate of drug-likeness (QED) is 0.590. The average molecular weight is 316 g/mol. The molecule has 0 bridgehead atoms. The maximum atomic E-state index is 4.64. The summed E-state index contributed by atoms with van der Waals surface area (Å²) in [6.45, 7) is 6.51. The number of rotatable bonds is 2. The molecule has 1 saturated carbocycles. The van der Waals surface area contributed by atoms with E-state index in [4.69, 9.17) is 0 Å². The Hall–Kier alpha value is -2.22. The minimum absolute atomic E-state index is 0.718. The molecule has 0 spiro atoms. The van der Waals surface area contributed by atoms with E-state index in [-0.39, 0.29) is 0 Å². The smallest absolute Gasteiger partial charge is 0.116 e. The second-order valence-electron chi connectivity index (χ2n) is 7.23. The lowest BCUT2D eigenvalue weighted by Crippen LogP contribution is -1.97. The van der Waals surface area contributed by atoms with Crippen LogP contribution in [0.5, 0.6) is 0 Å². The molecule has 2 heteroatoms. The van der Waals surface area contributed by atoms with Crippen LogP contribution in [0.2, 0.25) is 0 Å². The van der Waals surface area contributed by atoms with Crippen molar-refractivity contribution in [2.24, 2.45) is 0 Å². The molecule has 3 aromatic rings. The second-order valence-corrected chi connectivity index (χ2v) is 7.23. The summed E-state index contributed by atoms with van der Waals surface area (Å²) in [5.74, 6) is 0.718. The number of benzene rings is 2. The van der Waals surface area contributed by atoms with E-state index in [0.29, 0.717) is 0 Å². The van der Waals surface area contributed by atoms with E-state index in [1.165, 1.54) is 53.5 Å². The Balaban J connectivity index is 1.88. The summed E-state index contributed by atoms with van der Waals surface area (Å²) < 4.78 is 0. The first kappa shape index (κ1) is 15.3. The Labute approximate surface area is 144 Å². The van der Waals surface area contributed by atoms with Crippen LogP contribution in [0.15, 0.2) is 36.7 Å². The fourth-order valence-electron chi connectivity index (χ4n) is 4.09. The minimum atomic E-state index is 0.718. The number of aromatic nitrogens is 2. The van der Waals surface area contributed by atoms with E-state index in [2.05, 4.69) is 61.1 Å². The first-order valence-corrected chi connectivity index (χ1v) is 8.96. The van der Waals surface area contributed by atoms with Gasteiger partial charge in [0, 0.05) is 10.9 Å².